The molecule has 0 radical (unpaired) electrons. The third-order valence-corrected chi connectivity index (χ3v) is 4.79. The van der Waals surface area contributed by atoms with Crippen molar-refractivity contribution < 1.29 is 9.50 Å². The van der Waals surface area contributed by atoms with Gasteiger partial charge in [-0.3, -0.25) is 14.3 Å². The van der Waals surface area contributed by atoms with Crippen molar-refractivity contribution in [2.24, 2.45) is 4.99 Å². The first-order valence-corrected chi connectivity index (χ1v) is 8.93. The minimum atomic E-state index is -0.712. The molecular formula is C19H22FN3O3. The zero-order valence-corrected chi connectivity index (χ0v) is 14.7. The summed E-state index contributed by atoms with van der Waals surface area (Å²) in [7, 11) is 0. The summed E-state index contributed by atoms with van der Waals surface area (Å²) >= 11 is 0. The quantitative estimate of drug-likeness (QED) is 0.820. The fourth-order valence-electron chi connectivity index (χ4n) is 3.48. The molecule has 7 heteroatoms. The lowest BCUT2D eigenvalue weighted by molar-refractivity contribution is 0.298. The van der Waals surface area contributed by atoms with Gasteiger partial charge < -0.3 is 5.11 Å². The van der Waals surface area contributed by atoms with Crippen LogP contribution < -0.4 is 11.2 Å². The third kappa shape index (κ3) is 3.47. The topological polar surface area (TPSA) is 87.4 Å². The molecule has 1 aromatic carbocycles. The van der Waals surface area contributed by atoms with Crippen molar-refractivity contribution in [2.75, 3.05) is 0 Å². The van der Waals surface area contributed by atoms with Crippen LogP contribution in [0, 0.1) is 5.82 Å². The average Bonchev–Trinajstić information content (AvgIpc) is 2.63. The number of para-hydroxylation sites is 1. The Hall–Kier alpha value is -2.70. The number of halogens is 1. The Labute approximate surface area is 150 Å². The molecule has 1 heterocycles. The molecule has 26 heavy (non-hydrogen) atoms. The molecule has 0 aliphatic heterocycles. The van der Waals surface area contributed by atoms with Crippen molar-refractivity contribution in [3.63, 3.8) is 0 Å². The number of aromatic nitrogens is 2. The summed E-state index contributed by atoms with van der Waals surface area (Å²) in [4.78, 5) is 31.2. The minimum Gasteiger partial charge on any atom is -0.494 e. The fraction of sp³-hybridized carbons (Fsp3) is 0.421. The van der Waals surface area contributed by atoms with Crippen LogP contribution in [-0.2, 0) is 0 Å². The maximum absolute atomic E-state index is 13.9. The number of rotatable bonds is 4. The van der Waals surface area contributed by atoms with E-state index in [0.29, 0.717) is 6.42 Å². The van der Waals surface area contributed by atoms with Gasteiger partial charge in [-0.1, -0.05) is 38.3 Å². The second kappa shape index (κ2) is 7.68. The van der Waals surface area contributed by atoms with Crippen molar-refractivity contribution in [3.8, 4) is 5.88 Å². The SMILES string of the molecule is CCC(=Nc1ccccc1F)c1c(O)n(C2CCCCC2)c(=O)[nH]c1=O. The molecule has 2 aromatic rings. The highest BCUT2D eigenvalue weighted by molar-refractivity contribution is 6.03. The van der Waals surface area contributed by atoms with E-state index in [1.807, 2.05) is 0 Å². The van der Waals surface area contributed by atoms with Crippen molar-refractivity contribution in [1.82, 2.24) is 9.55 Å². The molecule has 2 N–H and O–H groups in total. The summed E-state index contributed by atoms with van der Waals surface area (Å²) in [5.41, 5.74) is -1.08. The number of H-pyrrole nitrogens is 1. The standard InChI is InChI=1S/C19H22FN3O3/c1-2-14(21-15-11-7-6-10-13(15)20)16-17(24)22-19(26)23(18(16)25)12-8-4-3-5-9-12/h6-7,10-12,25H,2-5,8-9H2,1H3,(H,22,24,26). The third-order valence-electron chi connectivity index (χ3n) is 4.79. The second-order valence-electron chi connectivity index (χ2n) is 6.48. The van der Waals surface area contributed by atoms with Gasteiger partial charge in [0.25, 0.3) is 5.56 Å². The van der Waals surface area contributed by atoms with E-state index in [2.05, 4.69) is 9.98 Å². The van der Waals surface area contributed by atoms with Gasteiger partial charge in [0.1, 0.15) is 11.4 Å². The number of nitrogens with one attached hydrogen (secondary N) is 1. The van der Waals surface area contributed by atoms with E-state index in [9.17, 15) is 19.1 Å². The summed E-state index contributed by atoms with van der Waals surface area (Å²) < 4.78 is 15.2. The molecule has 6 nitrogen and oxygen atoms in total. The predicted octanol–water partition coefficient (Wildman–Crippen LogP) is 3.42. The number of benzene rings is 1. The molecular weight excluding hydrogens is 337 g/mol. The summed E-state index contributed by atoms with van der Waals surface area (Å²) in [6.45, 7) is 1.76. The summed E-state index contributed by atoms with van der Waals surface area (Å²) in [6.07, 6.45) is 4.87. The molecule has 0 atom stereocenters. The number of aliphatic imine (C=N–C) groups is 1. The van der Waals surface area contributed by atoms with Crippen LogP contribution >= 0.6 is 0 Å². The molecule has 0 bridgehead atoms. The summed E-state index contributed by atoms with van der Waals surface area (Å²) in [6, 6.07) is 5.81. The van der Waals surface area contributed by atoms with E-state index in [0.717, 1.165) is 32.1 Å². The van der Waals surface area contributed by atoms with Crippen LogP contribution in [0.4, 0.5) is 10.1 Å². The van der Waals surface area contributed by atoms with E-state index in [1.165, 1.54) is 16.7 Å². The maximum atomic E-state index is 13.9. The minimum absolute atomic E-state index is 0.0686. The number of nitrogens with zero attached hydrogens (tertiary/aromatic N) is 2. The molecule has 1 aromatic heterocycles. The van der Waals surface area contributed by atoms with Crippen LogP contribution in [0.5, 0.6) is 5.88 Å². The van der Waals surface area contributed by atoms with E-state index >= 15 is 0 Å². The van der Waals surface area contributed by atoms with Crippen LogP contribution in [0.25, 0.3) is 0 Å². The monoisotopic (exact) mass is 359 g/mol. The predicted molar refractivity (Wildman–Crippen MR) is 98.0 cm³/mol. The summed E-state index contributed by atoms with van der Waals surface area (Å²) in [5.74, 6) is -0.905. The molecule has 1 aliphatic rings. The van der Waals surface area contributed by atoms with E-state index < -0.39 is 17.1 Å². The van der Waals surface area contributed by atoms with Gasteiger partial charge in [0.15, 0.2) is 0 Å². The zero-order valence-electron chi connectivity index (χ0n) is 14.7. The first-order valence-electron chi connectivity index (χ1n) is 8.93. The smallest absolute Gasteiger partial charge is 0.331 e. The highest BCUT2D eigenvalue weighted by Gasteiger charge is 2.24. The number of hydrogen-bond donors (Lipinski definition) is 2. The normalized spacial score (nSPS) is 16.0. The van der Waals surface area contributed by atoms with Crippen LogP contribution in [0.3, 0.4) is 0 Å². The summed E-state index contributed by atoms with van der Waals surface area (Å²) in [5, 5.41) is 10.7. The second-order valence-corrected chi connectivity index (χ2v) is 6.48. The largest absolute Gasteiger partial charge is 0.494 e. The van der Waals surface area contributed by atoms with Gasteiger partial charge in [-0.05, 0) is 31.4 Å². The van der Waals surface area contributed by atoms with Crippen LogP contribution in [0.2, 0.25) is 0 Å². The lowest BCUT2D eigenvalue weighted by Crippen LogP contribution is -2.36. The van der Waals surface area contributed by atoms with Crippen molar-refractivity contribution >= 4 is 11.4 Å². The first kappa shape index (κ1) is 18.1. The van der Waals surface area contributed by atoms with Crippen LogP contribution in [0.15, 0.2) is 38.8 Å². The van der Waals surface area contributed by atoms with Gasteiger partial charge in [0.05, 0.1) is 11.4 Å². The Balaban J connectivity index is 2.15. The van der Waals surface area contributed by atoms with Gasteiger partial charge in [-0.15, -0.1) is 0 Å². The number of hydrogen-bond acceptors (Lipinski definition) is 4. The van der Waals surface area contributed by atoms with Gasteiger partial charge >= 0.3 is 5.69 Å². The van der Waals surface area contributed by atoms with Gasteiger partial charge in [0.2, 0.25) is 5.88 Å². The Morgan fingerprint density at radius 3 is 2.62 bits per heavy atom. The van der Waals surface area contributed by atoms with E-state index in [-0.39, 0.29) is 28.9 Å². The number of aromatic hydroxyl groups is 1. The molecule has 0 unspecified atom stereocenters. The molecule has 138 valence electrons. The maximum Gasteiger partial charge on any atom is 0.331 e. The highest BCUT2D eigenvalue weighted by atomic mass is 19.1. The molecule has 1 aliphatic carbocycles. The lowest BCUT2D eigenvalue weighted by Gasteiger charge is -2.25. The molecule has 1 saturated carbocycles. The molecule has 0 spiro atoms. The van der Waals surface area contributed by atoms with Gasteiger partial charge in [-0.25, -0.2) is 14.2 Å². The molecule has 1 fully saturated rings. The Kier molecular flexibility index (Phi) is 5.35. The Bertz CT molecular complexity index is 940. The Morgan fingerprint density at radius 1 is 1.27 bits per heavy atom. The van der Waals surface area contributed by atoms with Crippen molar-refractivity contribution in [2.45, 2.75) is 51.5 Å². The molecule has 3 rings (SSSR count). The molecule has 0 amide bonds. The van der Waals surface area contributed by atoms with Gasteiger partial charge in [0, 0.05) is 6.04 Å². The fourth-order valence-corrected chi connectivity index (χ4v) is 3.48. The number of aromatic amines is 1. The first-order chi connectivity index (χ1) is 12.5. The molecule has 0 saturated heterocycles. The Morgan fingerprint density at radius 2 is 1.96 bits per heavy atom. The lowest BCUT2D eigenvalue weighted by atomic mass is 9.95. The van der Waals surface area contributed by atoms with E-state index in [4.69, 9.17) is 0 Å². The van der Waals surface area contributed by atoms with Crippen molar-refractivity contribution in [3.05, 3.63) is 56.5 Å². The van der Waals surface area contributed by atoms with Gasteiger partial charge in [-0.2, -0.15) is 0 Å². The average molecular weight is 359 g/mol. The van der Waals surface area contributed by atoms with E-state index in [1.54, 1.807) is 19.1 Å². The van der Waals surface area contributed by atoms with Crippen LogP contribution in [-0.4, -0.2) is 20.4 Å². The highest BCUT2D eigenvalue weighted by Crippen LogP contribution is 2.30. The van der Waals surface area contributed by atoms with Crippen LogP contribution in [0.1, 0.15) is 57.1 Å². The zero-order chi connectivity index (χ0) is 18.7. The van der Waals surface area contributed by atoms with Crippen molar-refractivity contribution in [1.29, 1.82) is 0 Å².